The van der Waals surface area contributed by atoms with Crippen molar-refractivity contribution in [2.45, 2.75) is 31.6 Å². The highest BCUT2D eigenvalue weighted by Crippen LogP contribution is 2.40. The van der Waals surface area contributed by atoms with Gasteiger partial charge in [0, 0.05) is 18.7 Å². The maximum atomic E-state index is 13.2. The van der Waals surface area contributed by atoms with Gasteiger partial charge in [0.05, 0.1) is 24.8 Å². The number of ketones is 1. The molecule has 0 aliphatic carbocycles. The Kier molecular flexibility index (Phi) is 7.23. The van der Waals surface area contributed by atoms with Crippen molar-refractivity contribution < 1.29 is 28.9 Å². The van der Waals surface area contributed by atoms with E-state index in [1.807, 2.05) is 54.6 Å². The number of benzene rings is 3. The van der Waals surface area contributed by atoms with E-state index in [1.165, 1.54) is 4.90 Å². The molecule has 37 heavy (non-hydrogen) atoms. The first kappa shape index (κ1) is 24.6. The lowest BCUT2D eigenvalue weighted by molar-refractivity contribution is -0.140. The van der Waals surface area contributed by atoms with Gasteiger partial charge in [-0.05, 0) is 60.4 Å². The minimum atomic E-state index is -0.741. The summed E-state index contributed by atoms with van der Waals surface area (Å²) < 4.78 is 16.9. The van der Waals surface area contributed by atoms with E-state index in [4.69, 9.17) is 14.2 Å². The molecule has 1 N–H and O–H groups in total. The molecule has 2 aliphatic heterocycles. The van der Waals surface area contributed by atoms with Crippen LogP contribution in [-0.2, 0) is 20.9 Å². The number of amides is 1. The number of aliphatic hydroxyl groups excluding tert-OH is 1. The summed E-state index contributed by atoms with van der Waals surface area (Å²) in [6, 6.07) is 23.2. The van der Waals surface area contributed by atoms with Crippen LogP contribution in [0, 0.1) is 0 Å². The van der Waals surface area contributed by atoms with Gasteiger partial charge in [0.15, 0.2) is 0 Å². The Morgan fingerprint density at radius 2 is 1.68 bits per heavy atom. The standard InChI is InChI=1S/C30H29NO6/c1-35-23-13-11-22(12-14-23)28(32)26-27(31(30(34)29(26)33)18-25-8-5-17-36-25)21-9-15-24(16-10-21)37-19-20-6-3-2-4-7-20/h2-4,6-7,9-16,25,27,32H,5,8,17-19H2,1H3/t25-,27+/m0/s1. The minimum Gasteiger partial charge on any atom is -0.507 e. The van der Waals surface area contributed by atoms with Gasteiger partial charge in [-0.3, -0.25) is 9.59 Å². The summed E-state index contributed by atoms with van der Waals surface area (Å²) in [5.41, 5.74) is 2.25. The third-order valence-corrected chi connectivity index (χ3v) is 6.77. The van der Waals surface area contributed by atoms with Crippen molar-refractivity contribution in [1.82, 2.24) is 4.90 Å². The van der Waals surface area contributed by atoms with E-state index in [0.717, 1.165) is 18.4 Å². The predicted octanol–water partition coefficient (Wildman–Crippen LogP) is 4.87. The van der Waals surface area contributed by atoms with E-state index in [2.05, 4.69) is 0 Å². The average Bonchev–Trinajstić information content (AvgIpc) is 3.55. The Balaban J connectivity index is 1.47. The topological polar surface area (TPSA) is 85.3 Å². The molecular weight excluding hydrogens is 470 g/mol. The summed E-state index contributed by atoms with van der Waals surface area (Å²) in [4.78, 5) is 27.9. The summed E-state index contributed by atoms with van der Waals surface area (Å²) in [7, 11) is 1.55. The van der Waals surface area contributed by atoms with Crippen LogP contribution in [0.15, 0.2) is 84.4 Å². The molecule has 0 radical (unpaired) electrons. The largest absolute Gasteiger partial charge is 0.507 e. The van der Waals surface area contributed by atoms with E-state index >= 15 is 0 Å². The number of rotatable bonds is 8. The molecule has 0 aromatic heterocycles. The number of carbonyl (C=O) groups excluding carboxylic acids is 2. The molecule has 0 unspecified atom stereocenters. The van der Waals surface area contributed by atoms with Crippen molar-refractivity contribution >= 4 is 17.4 Å². The second-order valence-corrected chi connectivity index (χ2v) is 9.16. The molecule has 3 aromatic rings. The van der Waals surface area contributed by atoms with E-state index in [0.29, 0.717) is 35.8 Å². The Morgan fingerprint density at radius 1 is 0.973 bits per heavy atom. The van der Waals surface area contributed by atoms with E-state index in [1.54, 1.807) is 31.4 Å². The van der Waals surface area contributed by atoms with Crippen LogP contribution >= 0.6 is 0 Å². The van der Waals surface area contributed by atoms with Gasteiger partial charge in [-0.25, -0.2) is 0 Å². The SMILES string of the molecule is COc1ccc(C(O)=C2C(=O)C(=O)N(C[C@@H]3CCCO3)[C@@H]2c2ccc(OCc3ccccc3)cc2)cc1. The Morgan fingerprint density at radius 3 is 2.32 bits per heavy atom. The summed E-state index contributed by atoms with van der Waals surface area (Å²) in [5.74, 6) is -0.275. The van der Waals surface area contributed by atoms with Crippen molar-refractivity contribution in [3.05, 3.63) is 101 Å². The molecule has 5 rings (SSSR count). The second-order valence-electron chi connectivity index (χ2n) is 9.16. The third-order valence-electron chi connectivity index (χ3n) is 6.77. The van der Waals surface area contributed by atoms with Crippen molar-refractivity contribution in [2.24, 2.45) is 0 Å². The van der Waals surface area contributed by atoms with Crippen LogP contribution in [0.2, 0.25) is 0 Å². The fourth-order valence-electron chi connectivity index (χ4n) is 4.81. The number of ether oxygens (including phenoxy) is 3. The lowest BCUT2D eigenvalue weighted by Crippen LogP contribution is -2.36. The van der Waals surface area contributed by atoms with Gasteiger partial charge in [0.1, 0.15) is 23.9 Å². The molecule has 0 bridgehead atoms. The van der Waals surface area contributed by atoms with Gasteiger partial charge >= 0.3 is 0 Å². The maximum absolute atomic E-state index is 13.2. The average molecular weight is 500 g/mol. The highest BCUT2D eigenvalue weighted by atomic mass is 16.5. The zero-order chi connectivity index (χ0) is 25.8. The van der Waals surface area contributed by atoms with Gasteiger partial charge in [0.2, 0.25) is 0 Å². The number of Topliss-reactive ketones (excluding diaryl/α,β-unsaturated/α-hetero) is 1. The van der Waals surface area contributed by atoms with Crippen LogP contribution < -0.4 is 9.47 Å². The van der Waals surface area contributed by atoms with Crippen LogP contribution in [-0.4, -0.2) is 48.1 Å². The quantitative estimate of drug-likeness (QED) is 0.270. The van der Waals surface area contributed by atoms with E-state index in [9.17, 15) is 14.7 Å². The molecule has 1 amide bonds. The van der Waals surface area contributed by atoms with E-state index in [-0.39, 0.29) is 24.0 Å². The number of methoxy groups -OCH3 is 1. The molecule has 2 atom stereocenters. The number of likely N-dealkylation sites (tertiary alicyclic amines) is 1. The summed E-state index contributed by atoms with van der Waals surface area (Å²) >= 11 is 0. The van der Waals surface area contributed by atoms with Gasteiger partial charge in [0.25, 0.3) is 11.7 Å². The lowest BCUT2D eigenvalue weighted by atomic mass is 9.95. The normalized spacial score (nSPS) is 20.8. The predicted molar refractivity (Wildman–Crippen MR) is 138 cm³/mol. The Bertz CT molecular complexity index is 1280. The molecule has 7 heteroatoms. The minimum absolute atomic E-state index is 0.0612. The highest BCUT2D eigenvalue weighted by Gasteiger charge is 2.47. The van der Waals surface area contributed by atoms with Crippen molar-refractivity contribution in [2.75, 3.05) is 20.3 Å². The Labute approximate surface area is 215 Å². The summed E-state index contributed by atoms with van der Waals surface area (Å²) in [5, 5.41) is 11.2. The fraction of sp³-hybridized carbons (Fsp3) is 0.267. The molecule has 2 heterocycles. The van der Waals surface area contributed by atoms with Gasteiger partial charge in [-0.15, -0.1) is 0 Å². The highest BCUT2D eigenvalue weighted by molar-refractivity contribution is 6.46. The molecule has 0 saturated carbocycles. The number of hydrogen-bond donors (Lipinski definition) is 1. The second kappa shape index (κ2) is 10.9. The third kappa shape index (κ3) is 5.22. The molecular formula is C30H29NO6. The fourth-order valence-corrected chi connectivity index (χ4v) is 4.81. The zero-order valence-corrected chi connectivity index (χ0v) is 20.6. The first-order valence-corrected chi connectivity index (χ1v) is 12.4. The van der Waals surface area contributed by atoms with Crippen LogP contribution in [0.5, 0.6) is 11.5 Å². The molecule has 2 fully saturated rings. The number of nitrogens with zero attached hydrogens (tertiary/aromatic N) is 1. The smallest absolute Gasteiger partial charge is 0.295 e. The van der Waals surface area contributed by atoms with Crippen molar-refractivity contribution in [3.63, 3.8) is 0 Å². The van der Waals surface area contributed by atoms with Crippen LogP contribution in [0.1, 0.15) is 35.6 Å². The molecule has 2 saturated heterocycles. The van der Waals surface area contributed by atoms with Crippen LogP contribution in [0.3, 0.4) is 0 Å². The molecule has 190 valence electrons. The van der Waals surface area contributed by atoms with Crippen molar-refractivity contribution in [1.29, 1.82) is 0 Å². The van der Waals surface area contributed by atoms with Gasteiger partial charge < -0.3 is 24.2 Å². The molecule has 2 aliphatic rings. The van der Waals surface area contributed by atoms with Gasteiger partial charge in [-0.2, -0.15) is 0 Å². The summed E-state index contributed by atoms with van der Waals surface area (Å²) in [6.45, 7) is 1.34. The van der Waals surface area contributed by atoms with Crippen LogP contribution in [0.25, 0.3) is 5.76 Å². The molecule has 3 aromatic carbocycles. The number of carbonyl (C=O) groups is 2. The zero-order valence-electron chi connectivity index (χ0n) is 20.6. The monoisotopic (exact) mass is 499 g/mol. The maximum Gasteiger partial charge on any atom is 0.295 e. The lowest BCUT2D eigenvalue weighted by Gasteiger charge is -2.27. The van der Waals surface area contributed by atoms with E-state index < -0.39 is 17.7 Å². The van der Waals surface area contributed by atoms with Gasteiger partial charge in [-0.1, -0.05) is 42.5 Å². The summed E-state index contributed by atoms with van der Waals surface area (Å²) in [6.07, 6.45) is 1.59. The Hall–Kier alpha value is -4.10. The molecule has 0 spiro atoms. The first-order valence-electron chi connectivity index (χ1n) is 12.4. The van der Waals surface area contributed by atoms with Crippen LogP contribution in [0.4, 0.5) is 0 Å². The molecule has 7 nitrogen and oxygen atoms in total. The first-order chi connectivity index (χ1) is 18.0. The van der Waals surface area contributed by atoms with Crippen molar-refractivity contribution in [3.8, 4) is 11.5 Å². The number of hydrogen-bond acceptors (Lipinski definition) is 6. The number of aliphatic hydroxyl groups is 1.